The molecule has 34 heavy (non-hydrogen) atoms. The highest BCUT2D eigenvalue weighted by Crippen LogP contribution is 2.27. The van der Waals surface area contributed by atoms with Crippen LogP contribution >= 0.6 is 24.0 Å². The van der Waals surface area contributed by atoms with Gasteiger partial charge in [-0.15, -0.1) is 12.4 Å². The van der Waals surface area contributed by atoms with E-state index >= 15 is 0 Å². The average Bonchev–Trinajstić information content (AvgIpc) is 2.84. The molecule has 174 valence electrons. The molecule has 0 fully saturated rings. The van der Waals surface area contributed by atoms with Crippen LogP contribution in [0.5, 0.6) is 5.75 Å². The van der Waals surface area contributed by atoms with E-state index in [4.69, 9.17) is 16.3 Å². The average molecular weight is 495 g/mol. The third-order valence-corrected chi connectivity index (χ3v) is 6.20. The van der Waals surface area contributed by atoms with E-state index in [1.807, 2.05) is 36.4 Å². The van der Waals surface area contributed by atoms with Gasteiger partial charge in [0.2, 0.25) is 0 Å². The molecule has 2 aromatic carbocycles. The summed E-state index contributed by atoms with van der Waals surface area (Å²) in [4.78, 5) is 21.5. The van der Waals surface area contributed by atoms with E-state index < -0.39 is 0 Å². The molecule has 1 unspecified atom stereocenters. The number of rotatable bonds is 5. The normalized spacial score (nSPS) is 14.6. The molecule has 2 aromatic heterocycles. The smallest absolute Gasteiger partial charge is 0.270 e. The number of hydrogen-bond acceptors (Lipinski definition) is 5. The molecule has 0 aliphatic heterocycles. The highest BCUT2D eigenvalue weighted by atomic mass is 35.5. The Hall–Kier alpha value is -3.35. The number of aromatic nitrogens is 2. The number of halogens is 2. The maximum absolute atomic E-state index is 12.8. The zero-order chi connectivity index (χ0) is 22.8. The second-order valence-corrected chi connectivity index (χ2v) is 8.57. The Morgan fingerprint density at radius 3 is 2.74 bits per heavy atom. The zero-order valence-electron chi connectivity index (χ0n) is 18.5. The van der Waals surface area contributed by atoms with Gasteiger partial charge in [0.25, 0.3) is 5.91 Å². The number of methoxy groups -OCH3 is 1. The van der Waals surface area contributed by atoms with Crippen LogP contribution in [0.2, 0.25) is 5.02 Å². The molecule has 0 spiro atoms. The SMILES string of the molecule is COc1ccc2c(c1)CCC(NC(=O)c1ccc(Nc3nccc4ccc(Cl)cc34)cn1)C2.Cl. The number of nitrogens with zero attached hydrogens (tertiary/aromatic N) is 2. The Labute approximate surface area is 209 Å². The molecule has 0 bridgehead atoms. The van der Waals surface area contributed by atoms with Crippen LogP contribution in [-0.4, -0.2) is 29.0 Å². The Morgan fingerprint density at radius 2 is 1.94 bits per heavy atom. The van der Waals surface area contributed by atoms with Gasteiger partial charge in [-0.05, 0) is 78.2 Å². The summed E-state index contributed by atoms with van der Waals surface area (Å²) in [6.45, 7) is 0. The van der Waals surface area contributed by atoms with Gasteiger partial charge in [-0.2, -0.15) is 0 Å². The van der Waals surface area contributed by atoms with Crippen molar-refractivity contribution in [3.05, 3.63) is 88.8 Å². The molecule has 2 heterocycles. The Morgan fingerprint density at radius 1 is 1.06 bits per heavy atom. The van der Waals surface area contributed by atoms with Crippen molar-refractivity contribution in [3.63, 3.8) is 0 Å². The van der Waals surface area contributed by atoms with Crippen LogP contribution in [0, 0.1) is 0 Å². The minimum absolute atomic E-state index is 0. The fourth-order valence-corrected chi connectivity index (χ4v) is 4.39. The number of fused-ring (bicyclic) bond motifs is 2. The van der Waals surface area contributed by atoms with Crippen molar-refractivity contribution in [2.24, 2.45) is 0 Å². The van der Waals surface area contributed by atoms with E-state index in [9.17, 15) is 4.79 Å². The predicted octanol–water partition coefficient (Wildman–Crippen LogP) is 5.74. The van der Waals surface area contributed by atoms with E-state index in [2.05, 4.69) is 32.7 Å². The highest BCUT2D eigenvalue weighted by Gasteiger charge is 2.21. The lowest BCUT2D eigenvalue weighted by atomic mass is 9.88. The molecule has 8 heteroatoms. The van der Waals surface area contributed by atoms with Gasteiger partial charge in [0.05, 0.1) is 19.0 Å². The van der Waals surface area contributed by atoms with E-state index in [0.717, 1.165) is 41.5 Å². The number of anilines is 2. The molecule has 0 radical (unpaired) electrons. The third kappa shape index (κ3) is 5.08. The first kappa shape index (κ1) is 23.8. The van der Waals surface area contributed by atoms with Crippen LogP contribution in [0.15, 0.2) is 67.0 Å². The number of carbonyl (C=O) groups excluding carboxylic acids is 1. The van der Waals surface area contributed by atoms with Crippen molar-refractivity contribution in [2.75, 3.05) is 12.4 Å². The minimum atomic E-state index is -0.168. The number of nitrogens with one attached hydrogen (secondary N) is 2. The summed E-state index contributed by atoms with van der Waals surface area (Å²) in [5.74, 6) is 1.39. The lowest BCUT2D eigenvalue weighted by molar-refractivity contribution is 0.0928. The number of carbonyl (C=O) groups is 1. The van der Waals surface area contributed by atoms with Crippen molar-refractivity contribution < 1.29 is 9.53 Å². The van der Waals surface area contributed by atoms with Gasteiger partial charge in [-0.3, -0.25) is 4.79 Å². The van der Waals surface area contributed by atoms with Crippen LogP contribution in [-0.2, 0) is 12.8 Å². The van der Waals surface area contributed by atoms with Gasteiger partial charge in [0, 0.05) is 22.6 Å². The molecule has 0 saturated heterocycles. The predicted molar refractivity (Wildman–Crippen MR) is 138 cm³/mol. The van der Waals surface area contributed by atoms with E-state index in [1.54, 1.807) is 25.6 Å². The Bertz CT molecular complexity index is 1330. The molecule has 4 aromatic rings. The molecular formula is C26H24Cl2N4O2. The number of pyridine rings is 2. The molecular weight excluding hydrogens is 471 g/mol. The van der Waals surface area contributed by atoms with Crippen molar-refractivity contribution >= 4 is 52.2 Å². The monoisotopic (exact) mass is 494 g/mol. The molecule has 2 N–H and O–H groups in total. The summed E-state index contributed by atoms with van der Waals surface area (Å²) in [6, 6.07) is 17.4. The van der Waals surface area contributed by atoms with Crippen molar-refractivity contribution in [2.45, 2.75) is 25.3 Å². The summed E-state index contributed by atoms with van der Waals surface area (Å²) >= 11 is 6.15. The van der Waals surface area contributed by atoms with Crippen molar-refractivity contribution in [1.29, 1.82) is 0 Å². The number of amides is 1. The van der Waals surface area contributed by atoms with E-state index in [0.29, 0.717) is 16.5 Å². The molecule has 1 aliphatic carbocycles. The maximum Gasteiger partial charge on any atom is 0.270 e. The van der Waals surface area contributed by atoms with Crippen LogP contribution in [0.4, 0.5) is 11.5 Å². The number of benzene rings is 2. The summed E-state index contributed by atoms with van der Waals surface area (Å²) in [7, 11) is 1.68. The van der Waals surface area contributed by atoms with E-state index in [-0.39, 0.29) is 24.4 Å². The molecule has 5 rings (SSSR count). The largest absolute Gasteiger partial charge is 0.497 e. The van der Waals surface area contributed by atoms with Gasteiger partial charge in [0.1, 0.15) is 17.3 Å². The first-order chi connectivity index (χ1) is 16.1. The molecule has 1 amide bonds. The van der Waals surface area contributed by atoms with Crippen LogP contribution in [0.3, 0.4) is 0 Å². The van der Waals surface area contributed by atoms with Crippen LogP contribution in [0.25, 0.3) is 10.8 Å². The number of hydrogen-bond donors (Lipinski definition) is 2. The van der Waals surface area contributed by atoms with Crippen molar-refractivity contribution in [1.82, 2.24) is 15.3 Å². The second kappa shape index (κ2) is 10.3. The van der Waals surface area contributed by atoms with Crippen LogP contribution in [0.1, 0.15) is 28.0 Å². The lowest BCUT2D eigenvalue weighted by Gasteiger charge is -2.25. The summed E-state index contributed by atoms with van der Waals surface area (Å²) in [6.07, 6.45) is 5.99. The minimum Gasteiger partial charge on any atom is -0.497 e. The Balaban J connectivity index is 0.00000274. The van der Waals surface area contributed by atoms with Gasteiger partial charge < -0.3 is 15.4 Å². The zero-order valence-corrected chi connectivity index (χ0v) is 20.1. The maximum atomic E-state index is 12.8. The van der Waals surface area contributed by atoms with Gasteiger partial charge in [-0.25, -0.2) is 9.97 Å². The fraction of sp³-hybridized carbons (Fsp3) is 0.192. The lowest BCUT2D eigenvalue weighted by Crippen LogP contribution is -2.39. The number of aryl methyl sites for hydroxylation is 1. The highest BCUT2D eigenvalue weighted by molar-refractivity contribution is 6.31. The fourth-order valence-electron chi connectivity index (χ4n) is 4.22. The summed E-state index contributed by atoms with van der Waals surface area (Å²) < 4.78 is 5.31. The third-order valence-electron chi connectivity index (χ3n) is 5.96. The standard InChI is InChI=1S/C26H23ClN4O2.ClH/c1-33-22-8-4-17-12-20(6-3-18(17)13-22)31-26(32)24-9-7-21(15-29-24)30-25-23-14-19(27)5-2-16(23)10-11-28-25;/h2,4-5,7-11,13-15,20H,3,6,12H2,1H3,(H,28,30)(H,31,32);1H. The summed E-state index contributed by atoms with van der Waals surface area (Å²) in [5.41, 5.74) is 3.67. The second-order valence-electron chi connectivity index (χ2n) is 8.13. The van der Waals surface area contributed by atoms with Crippen LogP contribution < -0.4 is 15.4 Å². The number of ether oxygens (including phenoxy) is 1. The molecule has 0 saturated carbocycles. The van der Waals surface area contributed by atoms with Gasteiger partial charge in [-0.1, -0.05) is 23.7 Å². The quantitative estimate of drug-likeness (QED) is 0.369. The molecule has 6 nitrogen and oxygen atoms in total. The van der Waals surface area contributed by atoms with Crippen molar-refractivity contribution in [3.8, 4) is 5.75 Å². The first-order valence-corrected chi connectivity index (χ1v) is 11.2. The summed E-state index contributed by atoms with van der Waals surface area (Å²) in [5, 5.41) is 8.99. The first-order valence-electron chi connectivity index (χ1n) is 10.8. The van der Waals surface area contributed by atoms with E-state index in [1.165, 1.54) is 11.1 Å². The Kier molecular flexibility index (Phi) is 7.20. The van der Waals surface area contributed by atoms with Gasteiger partial charge >= 0.3 is 0 Å². The topological polar surface area (TPSA) is 76.1 Å². The molecule has 1 atom stereocenters. The van der Waals surface area contributed by atoms with Gasteiger partial charge in [0.15, 0.2) is 0 Å². The molecule has 1 aliphatic rings.